The molecule has 0 bridgehead atoms. The average Bonchev–Trinajstić information content (AvgIpc) is 2.82. The summed E-state index contributed by atoms with van der Waals surface area (Å²) < 4.78 is 2.16. The molecule has 2 N–H and O–H groups in total. The molecule has 0 saturated heterocycles. The Kier molecular flexibility index (Phi) is 4.55. The number of benzene rings is 1. The highest BCUT2D eigenvalue weighted by molar-refractivity contribution is 6.18. The van der Waals surface area contributed by atoms with Crippen molar-refractivity contribution in [1.29, 1.82) is 0 Å². The van der Waals surface area contributed by atoms with Crippen molar-refractivity contribution in [3.05, 3.63) is 23.5 Å². The third-order valence-corrected chi connectivity index (χ3v) is 3.99. The first-order chi connectivity index (χ1) is 9.45. The van der Waals surface area contributed by atoms with E-state index < -0.39 is 6.10 Å². The van der Waals surface area contributed by atoms with E-state index in [0.717, 1.165) is 22.3 Å². The fourth-order valence-corrected chi connectivity index (χ4v) is 2.41. The molecule has 20 heavy (non-hydrogen) atoms. The third kappa shape index (κ3) is 2.76. The summed E-state index contributed by atoms with van der Waals surface area (Å²) >= 11 is 5.64. The highest BCUT2D eigenvalue weighted by Gasteiger charge is 2.14. The molecular formula is C15H22ClN3O. The van der Waals surface area contributed by atoms with Crippen molar-refractivity contribution in [2.24, 2.45) is 0 Å². The summed E-state index contributed by atoms with van der Waals surface area (Å²) in [5, 5.41) is 12.9. The Labute approximate surface area is 124 Å². The van der Waals surface area contributed by atoms with Crippen LogP contribution in [0.25, 0.3) is 11.0 Å². The van der Waals surface area contributed by atoms with Crippen LogP contribution >= 0.6 is 11.6 Å². The van der Waals surface area contributed by atoms with Gasteiger partial charge in [0, 0.05) is 12.6 Å². The molecule has 5 heteroatoms. The largest absolute Gasteiger partial charge is 0.390 e. The van der Waals surface area contributed by atoms with E-state index in [4.69, 9.17) is 11.6 Å². The number of hydrogen-bond acceptors (Lipinski definition) is 3. The highest BCUT2D eigenvalue weighted by Crippen LogP contribution is 2.30. The highest BCUT2D eigenvalue weighted by atomic mass is 35.5. The Morgan fingerprint density at radius 2 is 2.10 bits per heavy atom. The third-order valence-electron chi connectivity index (χ3n) is 3.64. The van der Waals surface area contributed by atoms with E-state index in [1.165, 1.54) is 5.56 Å². The Morgan fingerprint density at radius 1 is 1.40 bits per heavy atom. The van der Waals surface area contributed by atoms with Gasteiger partial charge in [0.15, 0.2) is 0 Å². The molecule has 2 rings (SSSR count). The lowest BCUT2D eigenvalue weighted by molar-refractivity contribution is 0.211. The van der Waals surface area contributed by atoms with E-state index in [2.05, 4.69) is 48.6 Å². The number of hydrogen-bond donors (Lipinski definition) is 2. The molecule has 2 aromatic rings. The van der Waals surface area contributed by atoms with Crippen LogP contribution in [-0.2, 0) is 0 Å². The summed E-state index contributed by atoms with van der Waals surface area (Å²) in [5.74, 6) is 0.224. The minimum absolute atomic E-state index is 0.224. The van der Waals surface area contributed by atoms with Crippen LogP contribution in [0.2, 0.25) is 0 Å². The minimum atomic E-state index is -0.557. The van der Waals surface area contributed by atoms with Crippen LogP contribution < -0.4 is 5.32 Å². The Balaban J connectivity index is 2.49. The monoisotopic (exact) mass is 295 g/mol. The topological polar surface area (TPSA) is 50.1 Å². The number of aromatic nitrogens is 2. The lowest BCUT2D eigenvalue weighted by atomic mass is 10.1. The van der Waals surface area contributed by atoms with Gasteiger partial charge in [-0.2, -0.15) is 0 Å². The summed E-state index contributed by atoms with van der Waals surface area (Å²) in [6.07, 6.45) is 1.32. The summed E-state index contributed by atoms with van der Waals surface area (Å²) in [7, 11) is 0. The van der Waals surface area contributed by atoms with Crippen LogP contribution in [0.15, 0.2) is 12.4 Å². The maximum Gasteiger partial charge on any atom is 0.112 e. The van der Waals surface area contributed by atoms with Crippen LogP contribution in [0.5, 0.6) is 0 Å². The zero-order valence-corrected chi connectivity index (χ0v) is 13.2. The van der Waals surface area contributed by atoms with E-state index >= 15 is 0 Å². The first-order valence-electron chi connectivity index (χ1n) is 6.90. The number of anilines is 1. The van der Waals surface area contributed by atoms with Gasteiger partial charge in [-0.15, -0.1) is 11.6 Å². The number of halogens is 1. The number of rotatable bonds is 5. The van der Waals surface area contributed by atoms with E-state index in [1.54, 1.807) is 0 Å². The average molecular weight is 296 g/mol. The van der Waals surface area contributed by atoms with E-state index in [1.807, 2.05) is 6.33 Å². The Morgan fingerprint density at radius 3 is 2.70 bits per heavy atom. The predicted octanol–water partition coefficient (Wildman–Crippen LogP) is 3.25. The quantitative estimate of drug-likeness (QED) is 0.833. The molecule has 0 radical (unpaired) electrons. The number of fused-ring (bicyclic) bond motifs is 1. The number of nitrogens with zero attached hydrogens (tertiary/aromatic N) is 2. The predicted molar refractivity (Wildman–Crippen MR) is 84.8 cm³/mol. The van der Waals surface area contributed by atoms with Crippen molar-refractivity contribution in [3.8, 4) is 0 Å². The maximum absolute atomic E-state index is 9.62. The molecule has 4 nitrogen and oxygen atoms in total. The van der Waals surface area contributed by atoms with Gasteiger partial charge in [0.1, 0.15) is 5.52 Å². The Hall–Kier alpha value is -1.26. The van der Waals surface area contributed by atoms with Crippen molar-refractivity contribution in [1.82, 2.24) is 9.55 Å². The SMILES string of the molecule is Cc1cc2c(ncn2C(C)C)c(NCC(O)CCl)c1C. The number of aliphatic hydroxyl groups excluding tert-OH is 1. The number of nitrogens with one attached hydrogen (secondary N) is 1. The number of alkyl halides is 1. The van der Waals surface area contributed by atoms with Gasteiger partial charge in [0.05, 0.1) is 29.5 Å². The van der Waals surface area contributed by atoms with E-state index in [9.17, 15) is 5.11 Å². The number of aryl methyl sites for hydroxylation is 1. The zero-order valence-electron chi connectivity index (χ0n) is 12.4. The van der Waals surface area contributed by atoms with Gasteiger partial charge in [-0.3, -0.25) is 0 Å². The van der Waals surface area contributed by atoms with E-state index in [0.29, 0.717) is 12.6 Å². The van der Waals surface area contributed by atoms with Gasteiger partial charge in [-0.1, -0.05) is 0 Å². The minimum Gasteiger partial charge on any atom is -0.390 e. The molecule has 0 fully saturated rings. The van der Waals surface area contributed by atoms with Gasteiger partial charge in [-0.05, 0) is 44.9 Å². The lowest BCUT2D eigenvalue weighted by Crippen LogP contribution is -2.21. The van der Waals surface area contributed by atoms with Gasteiger partial charge in [0.2, 0.25) is 0 Å². The summed E-state index contributed by atoms with van der Waals surface area (Å²) in [6, 6.07) is 2.53. The molecule has 110 valence electrons. The van der Waals surface area contributed by atoms with Crippen LogP contribution in [-0.4, -0.2) is 33.2 Å². The van der Waals surface area contributed by atoms with Crippen molar-refractivity contribution in [3.63, 3.8) is 0 Å². The molecule has 0 amide bonds. The molecule has 1 aromatic carbocycles. The smallest absolute Gasteiger partial charge is 0.112 e. The normalized spacial score (nSPS) is 13.2. The first-order valence-corrected chi connectivity index (χ1v) is 7.43. The summed E-state index contributed by atoms with van der Waals surface area (Å²) in [5.41, 5.74) is 5.43. The Bertz CT molecular complexity index is 607. The molecule has 0 aliphatic heterocycles. The van der Waals surface area contributed by atoms with Crippen molar-refractivity contribution in [2.75, 3.05) is 17.7 Å². The molecule has 1 aromatic heterocycles. The fourth-order valence-electron chi connectivity index (χ4n) is 2.30. The van der Waals surface area contributed by atoms with Gasteiger partial charge in [0.25, 0.3) is 0 Å². The first kappa shape index (κ1) is 15.1. The molecular weight excluding hydrogens is 274 g/mol. The van der Waals surface area contributed by atoms with Gasteiger partial charge < -0.3 is 15.0 Å². The maximum atomic E-state index is 9.62. The number of imidazole rings is 1. The second-order valence-electron chi connectivity index (χ2n) is 5.50. The molecule has 1 unspecified atom stereocenters. The van der Waals surface area contributed by atoms with Crippen molar-refractivity contribution >= 4 is 28.3 Å². The lowest BCUT2D eigenvalue weighted by Gasteiger charge is -2.16. The van der Waals surface area contributed by atoms with Crippen LogP contribution in [0.4, 0.5) is 5.69 Å². The standard InChI is InChI=1S/C15H22ClN3O/c1-9(2)19-8-18-15-13(19)5-10(3)11(4)14(15)17-7-12(20)6-16/h5,8-9,12,17,20H,6-7H2,1-4H3. The van der Waals surface area contributed by atoms with Crippen molar-refractivity contribution in [2.45, 2.75) is 39.8 Å². The molecule has 1 heterocycles. The van der Waals surface area contributed by atoms with Crippen molar-refractivity contribution < 1.29 is 5.11 Å². The summed E-state index contributed by atoms with van der Waals surface area (Å²) in [6.45, 7) is 8.87. The van der Waals surface area contributed by atoms with Crippen LogP contribution in [0.1, 0.15) is 31.0 Å². The number of aliphatic hydroxyl groups is 1. The summed E-state index contributed by atoms with van der Waals surface area (Å²) in [4.78, 5) is 4.53. The fraction of sp³-hybridized carbons (Fsp3) is 0.533. The molecule has 0 aliphatic carbocycles. The second-order valence-corrected chi connectivity index (χ2v) is 5.80. The van der Waals surface area contributed by atoms with Gasteiger partial charge in [-0.25, -0.2) is 4.98 Å². The second kappa shape index (κ2) is 6.02. The molecule has 0 spiro atoms. The van der Waals surface area contributed by atoms with Crippen LogP contribution in [0, 0.1) is 13.8 Å². The molecule has 0 aliphatic rings. The van der Waals surface area contributed by atoms with Crippen LogP contribution in [0.3, 0.4) is 0 Å². The van der Waals surface area contributed by atoms with Gasteiger partial charge >= 0.3 is 0 Å². The molecule has 0 saturated carbocycles. The molecule has 1 atom stereocenters. The zero-order chi connectivity index (χ0) is 14.9. The van der Waals surface area contributed by atoms with E-state index in [-0.39, 0.29) is 5.88 Å².